The summed E-state index contributed by atoms with van der Waals surface area (Å²) < 4.78 is 51.0. The van der Waals surface area contributed by atoms with E-state index in [-0.39, 0.29) is 11.6 Å². The highest BCUT2D eigenvalue weighted by Gasteiger charge is 2.42. The monoisotopic (exact) mass is 537 g/mol. The number of nitrogens with zero attached hydrogens (tertiary/aromatic N) is 4. The van der Waals surface area contributed by atoms with Gasteiger partial charge in [0.15, 0.2) is 5.69 Å². The van der Waals surface area contributed by atoms with Gasteiger partial charge in [-0.3, -0.25) is 4.79 Å². The highest BCUT2D eigenvalue weighted by molar-refractivity contribution is 6.04. The molecule has 5 rings (SSSR count). The maximum atomic E-state index is 13.6. The van der Waals surface area contributed by atoms with Gasteiger partial charge in [-0.1, -0.05) is 36.4 Å². The molecule has 39 heavy (non-hydrogen) atoms. The van der Waals surface area contributed by atoms with Crippen molar-refractivity contribution in [2.24, 2.45) is 0 Å². The molecular formula is C27H22F3N5O4. The number of oxazole rings is 1. The van der Waals surface area contributed by atoms with Gasteiger partial charge in [-0.15, -0.1) is 0 Å². The van der Waals surface area contributed by atoms with Gasteiger partial charge in [-0.05, 0) is 36.4 Å². The second-order valence-corrected chi connectivity index (χ2v) is 8.57. The number of halogens is 3. The van der Waals surface area contributed by atoms with Gasteiger partial charge >= 0.3 is 12.3 Å². The van der Waals surface area contributed by atoms with Crippen LogP contribution in [0.3, 0.4) is 0 Å². The lowest BCUT2D eigenvalue weighted by Crippen LogP contribution is -2.49. The molecule has 1 N–H and O–H groups in total. The van der Waals surface area contributed by atoms with Crippen molar-refractivity contribution < 1.29 is 31.9 Å². The summed E-state index contributed by atoms with van der Waals surface area (Å²) in [5.41, 5.74) is -0.378. The van der Waals surface area contributed by atoms with Gasteiger partial charge in [0, 0.05) is 31.7 Å². The van der Waals surface area contributed by atoms with E-state index in [1.165, 1.54) is 24.4 Å². The normalized spacial score (nSPS) is 13.7. The average Bonchev–Trinajstić information content (AvgIpc) is 3.42. The molecule has 0 radical (unpaired) electrons. The Balaban J connectivity index is 1.21. The van der Waals surface area contributed by atoms with Crippen LogP contribution in [0.15, 0.2) is 83.4 Å². The van der Waals surface area contributed by atoms with Crippen molar-refractivity contribution >= 4 is 23.5 Å². The van der Waals surface area contributed by atoms with E-state index in [9.17, 15) is 22.8 Å². The van der Waals surface area contributed by atoms with Crippen LogP contribution in [0.1, 0.15) is 16.2 Å². The molecule has 0 saturated carbocycles. The molecule has 1 aliphatic heterocycles. The predicted octanol–water partition coefficient (Wildman–Crippen LogP) is 5.33. The lowest BCUT2D eigenvalue weighted by atomic mass is 10.2. The number of aromatic nitrogens is 2. The number of anilines is 2. The Labute approximate surface area is 220 Å². The van der Waals surface area contributed by atoms with Crippen molar-refractivity contribution in [2.75, 3.05) is 36.4 Å². The molecule has 2 amide bonds. The van der Waals surface area contributed by atoms with Crippen molar-refractivity contribution in [3.8, 4) is 17.2 Å². The quantitative estimate of drug-likeness (QED) is 0.367. The van der Waals surface area contributed by atoms with Crippen LogP contribution in [0.4, 0.5) is 29.5 Å². The molecule has 2 aromatic carbocycles. The number of amides is 2. The zero-order chi connectivity index (χ0) is 27.4. The fraction of sp³-hybridized carbons (Fsp3) is 0.185. The topological polar surface area (TPSA) is 101 Å². The first-order valence-electron chi connectivity index (χ1n) is 12.0. The standard InChI is InChI=1S/C27H22F3N5O4/c28-27(29,30)23-22(33-25(39-23)18-7-3-1-4-8-18)24(36)32-19-11-12-21(31-17-19)34-13-15-35(16-14-34)26(37)38-20-9-5-2-6-10-20/h1-12,17H,13-16H2,(H,32,36). The number of carbonyl (C=O) groups is 2. The number of hydrogen-bond donors (Lipinski definition) is 1. The summed E-state index contributed by atoms with van der Waals surface area (Å²) in [5, 5.41) is 2.40. The smallest absolute Gasteiger partial charge is 0.431 e. The summed E-state index contributed by atoms with van der Waals surface area (Å²) in [5.74, 6) is -1.81. The van der Waals surface area contributed by atoms with E-state index in [0.29, 0.717) is 43.3 Å². The Morgan fingerprint density at radius 1 is 0.897 bits per heavy atom. The van der Waals surface area contributed by atoms with Crippen LogP contribution in [0.2, 0.25) is 0 Å². The lowest BCUT2D eigenvalue weighted by molar-refractivity contribution is -0.153. The molecule has 0 atom stereocenters. The summed E-state index contributed by atoms with van der Waals surface area (Å²) in [6.07, 6.45) is -4.01. The number of para-hydroxylation sites is 1. The van der Waals surface area contributed by atoms with Crippen LogP contribution in [0.25, 0.3) is 11.5 Å². The van der Waals surface area contributed by atoms with Crippen molar-refractivity contribution in [1.82, 2.24) is 14.9 Å². The Kier molecular flexibility index (Phi) is 7.17. The minimum absolute atomic E-state index is 0.186. The third-order valence-corrected chi connectivity index (χ3v) is 5.94. The zero-order valence-electron chi connectivity index (χ0n) is 20.4. The van der Waals surface area contributed by atoms with Crippen LogP contribution < -0.4 is 15.0 Å². The first kappa shape index (κ1) is 25.8. The molecule has 1 saturated heterocycles. The number of pyridine rings is 1. The molecule has 1 aliphatic rings. The molecule has 3 heterocycles. The van der Waals surface area contributed by atoms with Gasteiger partial charge in [0.1, 0.15) is 11.6 Å². The van der Waals surface area contributed by atoms with E-state index in [0.717, 1.165) is 0 Å². The van der Waals surface area contributed by atoms with E-state index >= 15 is 0 Å². The third-order valence-electron chi connectivity index (χ3n) is 5.94. The molecule has 0 bridgehead atoms. The molecule has 200 valence electrons. The number of alkyl halides is 3. The predicted molar refractivity (Wildman–Crippen MR) is 135 cm³/mol. The van der Waals surface area contributed by atoms with Crippen LogP contribution in [0, 0.1) is 0 Å². The summed E-state index contributed by atoms with van der Waals surface area (Å²) in [7, 11) is 0. The molecule has 9 nitrogen and oxygen atoms in total. The molecule has 0 aliphatic carbocycles. The van der Waals surface area contributed by atoms with Gasteiger partial charge in [0.05, 0.1) is 11.9 Å². The Bertz CT molecular complexity index is 1440. The minimum atomic E-state index is -4.91. The molecule has 4 aromatic rings. The fourth-order valence-electron chi connectivity index (χ4n) is 3.98. The maximum absolute atomic E-state index is 13.6. The second kappa shape index (κ2) is 10.9. The number of benzene rings is 2. The molecule has 0 unspecified atom stereocenters. The largest absolute Gasteiger partial charge is 0.452 e. The zero-order valence-corrected chi connectivity index (χ0v) is 20.4. The number of hydrogen-bond acceptors (Lipinski definition) is 7. The maximum Gasteiger partial charge on any atom is 0.452 e. The van der Waals surface area contributed by atoms with E-state index in [4.69, 9.17) is 9.15 Å². The number of piperazine rings is 1. The Hall–Kier alpha value is -4.87. The first-order valence-corrected chi connectivity index (χ1v) is 12.0. The number of ether oxygens (including phenoxy) is 1. The Morgan fingerprint density at radius 2 is 1.56 bits per heavy atom. The van der Waals surface area contributed by atoms with Crippen LogP contribution in [-0.4, -0.2) is 53.0 Å². The molecule has 2 aromatic heterocycles. The van der Waals surface area contributed by atoms with Crippen molar-refractivity contribution in [2.45, 2.75) is 6.18 Å². The second-order valence-electron chi connectivity index (χ2n) is 8.57. The van der Waals surface area contributed by atoms with Crippen molar-refractivity contribution in [3.05, 3.63) is 90.4 Å². The van der Waals surface area contributed by atoms with Gasteiger partial charge in [-0.25, -0.2) is 14.8 Å². The van der Waals surface area contributed by atoms with E-state index in [1.807, 2.05) is 11.0 Å². The van der Waals surface area contributed by atoms with Gasteiger partial charge in [0.2, 0.25) is 11.7 Å². The number of nitrogens with one attached hydrogen (secondary N) is 1. The summed E-state index contributed by atoms with van der Waals surface area (Å²) in [6, 6.07) is 20.0. The van der Waals surface area contributed by atoms with Gasteiger partial charge < -0.3 is 24.3 Å². The van der Waals surface area contributed by atoms with E-state index in [2.05, 4.69) is 15.3 Å². The van der Waals surface area contributed by atoms with Crippen molar-refractivity contribution in [3.63, 3.8) is 0 Å². The summed E-state index contributed by atoms with van der Waals surface area (Å²) >= 11 is 0. The van der Waals surface area contributed by atoms with Crippen molar-refractivity contribution in [1.29, 1.82) is 0 Å². The number of rotatable bonds is 5. The van der Waals surface area contributed by atoms with E-state index < -0.39 is 29.6 Å². The van der Waals surface area contributed by atoms with Crippen LogP contribution in [-0.2, 0) is 6.18 Å². The SMILES string of the molecule is O=C(Nc1ccc(N2CCN(C(=O)Oc3ccccc3)CC2)nc1)c1nc(-c2ccccc2)oc1C(F)(F)F. The van der Waals surface area contributed by atoms with Crippen LogP contribution in [0.5, 0.6) is 5.75 Å². The van der Waals surface area contributed by atoms with Gasteiger partial charge in [-0.2, -0.15) is 13.2 Å². The lowest BCUT2D eigenvalue weighted by Gasteiger charge is -2.34. The summed E-state index contributed by atoms with van der Waals surface area (Å²) in [6.45, 7) is 1.83. The minimum Gasteiger partial charge on any atom is -0.431 e. The summed E-state index contributed by atoms with van der Waals surface area (Å²) in [4.78, 5) is 36.8. The van der Waals surface area contributed by atoms with E-state index in [1.54, 1.807) is 53.4 Å². The highest BCUT2D eigenvalue weighted by Crippen LogP contribution is 2.35. The molecule has 1 fully saturated rings. The van der Waals surface area contributed by atoms with Crippen LogP contribution >= 0.6 is 0 Å². The molecular weight excluding hydrogens is 515 g/mol. The first-order chi connectivity index (χ1) is 18.8. The van der Waals surface area contributed by atoms with Gasteiger partial charge in [0.25, 0.3) is 5.91 Å². The average molecular weight is 537 g/mol. The molecule has 0 spiro atoms. The number of carbonyl (C=O) groups excluding carboxylic acids is 2. The third kappa shape index (κ3) is 6.00. The fourth-order valence-corrected chi connectivity index (χ4v) is 3.98. The Morgan fingerprint density at radius 3 is 2.18 bits per heavy atom. The highest BCUT2D eigenvalue weighted by atomic mass is 19.4. The molecule has 12 heteroatoms.